The van der Waals surface area contributed by atoms with Crippen LogP contribution in [0.2, 0.25) is 0 Å². The summed E-state index contributed by atoms with van der Waals surface area (Å²) < 4.78 is 0. The molecule has 104 valence electrons. The summed E-state index contributed by atoms with van der Waals surface area (Å²) in [6.07, 6.45) is 14.0. The van der Waals surface area contributed by atoms with Gasteiger partial charge in [0.1, 0.15) is 0 Å². The van der Waals surface area contributed by atoms with Crippen LogP contribution >= 0.6 is 0 Å². The molecule has 0 aromatic carbocycles. The average molecular weight is 259 g/mol. The van der Waals surface area contributed by atoms with E-state index in [0.717, 1.165) is 18.5 Å². The topological polar surface area (TPSA) is 50.9 Å². The monoisotopic (exact) mass is 259 g/mol. The minimum Gasteiger partial charge on any atom is -0.271 e. The molecule has 1 aromatic heterocycles. The second-order valence-electron chi connectivity index (χ2n) is 5.31. The first kappa shape index (κ1) is 14.2. The molecule has 0 amide bonds. The van der Waals surface area contributed by atoms with Gasteiger partial charge >= 0.3 is 0 Å². The molecule has 3 heteroatoms. The minimum absolute atomic E-state index is 0.306. The summed E-state index contributed by atoms with van der Waals surface area (Å²) in [5.74, 6) is 5.75. The van der Waals surface area contributed by atoms with E-state index in [1.165, 1.54) is 44.1 Å². The minimum atomic E-state index is 0.306. The van der Waals surface area contributed by atoms with Crippen LogP contribution < -0.4 is 11.3 Å². The van der Waals surface area contributed by atoms with Crippen molar-refractivity contribution in [3.63, 3.8) is 0 Å². The number of rotatable bonds is 5. The molecule has 19 heavy (non-hydrogen) atoms. The molecule has 3 N–H and O–H groups in total. The van der Waals surface area contributed by atoms with E-state index in [1.54, 1.807) is 0 Å². The molecular weight excluding hydrogens is 234 g/mol. The third-order valence-electron chi connectivity index (χ3n) is 3.89. The van der Waals surface area contributed by atoms with E-state index in [1.807, 2.05) is 18.3 Å². The van der Waals surface area contributed by atoms with Crippen LogP contribution in [0.3, 0.4) is 0 Å². The van der Waals surface area contributed by atoms with E-state index in [4.69, 9.17) is 5.84 Å². The van der Waals surface area contributed by atoms with Crippen LogP contribution in [0, 0.1) is 0 Å². The Balaban J connectivity index is 1.91. The van der Waals surface area contributed by atoms with Gasteiger partial charge in [-0.1, -0.05) is 30.6 Å². The fourth-order valence-electron chi connectivity index (χ4n) is 2.75. The van der Waals surface area contributed by atoms with Crippen molar-refractivity contribution in [2.75, 3.05) is 0 Å². The number of allylic oxidation sites excluding steroid dienone is 1. The summed E-state index contributed by atoms with van der Waals surface area (Å²) in [5, 5.41) is 0. The molecule has 0 bridgehead atoms. The van der Waals surface area contributed by atoms with Gasteiger partial charge < -0.3 is 0 Å². The van der Waals surface area contributed by atoms with Crippen molar-refractivity contribution >= 4 is 0 Å². The standard InChI is InChI=1S/C16H25N3/c17-19-16(12-11-15-10-6-7-13-18-15)14-8-4-2-1-3-5-9-14/h6-8,10,13,16,19H,1-5,9,11-12,17H2/b14-8+. The number of hydrogen-bond donors (Lipinski definition) is 2. The SMILES string of the molecule is NNC(CCc1ccccn1)/C1=C/CCCCCC1. The van der Waals surface area contributed by atoms with E-state index in [-0.39, 0.29) is 0 Å². The molecule has 1 heterocycles. The van der Waals surface area contributed by atoms with Gasteiger partial charge in [-0.2, -0.15) is 0 Å². The lowest BCUT2D eigenvalue weighted by atomic mass is 9.92. The molecule has 0 saturated carbocycles. The summed E-state index contributed by atoms with van der Waals surface area (Å²) in [6, 6.07) is 6.39. The quantitative estimate of drug-likeness (QED) is 0.485. The van der Waals surface area contributed by atoms with Crippen LogP contribution in [0.4, 0.5) is 0 Å². The summed E-state index contributed by atoms with van der Waals surface area (Å²) in [7, 11) is 0. The van der Waals surface area contributed by atoms with Crippen LogP contribution in [0.15, 0.2) is 36.0 Å². The highest BCUT2D eigenvalue weighted by atomic mass is 15.2. The number of aromatic nitrogens is 1. The number of pyridine rings is 1. The number of hydrazine groups is 1. The van der Waals surface area contributed by atoms with Crippen molar-refractivity contribution in [2.24, 2.45) is 5.84 Å². The van der Waals surface area contributed by atoms with Crippen molar-refractivity contribution in [3.8, 4) is 0 Å². The van der Waals surface area contributed by atoms with Crippen molar-refractivity contribution in [2.45, 2.75) is 57.4 Å². The summed E-state index contributed by atoms with van der Waals surface area (Å²) in [6.45, 7) is 0. The van der Waals surface area contributed by atoms with Crippen molar-refractivity contribution in [1.29, 1.82) is 0 Å². The lowest BCUT2D eigenvalue weighted by molar-refractivity contribution is 0.511. The molecule has 1 aliphatic carbocycles. The molecular formula is C16H25N3. The number of hydrogen-bond acceptors (Lipinski definition) is 3. The molecule has 1 aliphatic rings. The van der Waals surface area contributed by atoms with E-state index in [9.17, 15) is 0 Å². The Morgan fingerprint density at radius 2 is 2.11 bits per heavy atom. The van der Waals surface area contributed by atoms with Gasteiger partial charge in [-0.3, -0.25) is 16.3 Å². The Labute approximate surface area is 116 Å². The van der Waals surface area contributed by atoms with E-state index < -0.39 is 0 Å². The van der Waals surface area contributed by atoms with Gasteiger partial charge in [0.2, 0.25) is 0 Å². The first-order chi connectivity index (χ1) is 9.40. The second-order valence-corrected chi connectivity index (χ2v) is 5.31. The predicted octanol–water partition coefficient (Wildman–Crippen LogP) is 3.13. The van der Waals surface area contributed by atoms with Crippen LogP contribution in [-0.2, 0) is 6.42 Å². The second kappa shape index (κ2) is 8.08. The normalized spacial score (nSPS) is 21.0. The molecule has 0 saturated heterocycles. The van der Waals surface area contributed by atoms with Gasteiger partial charge in [-0.15, -0.1) is 0 Å². The Hall–Kier alpha value is -1.19. The fraction of sp³-hybridized carbons (Fsp3) is 0.562. The van der Waals surface area contributed by atoms with Gasteiger partial charge in [0.25, 0.3) is 0 Å². The number of nitrogens with two attached hydrogens (primary N) is 1. The lowest BCUT2D eigenvalue weighted by Gasteiger charge is -2.21. The molecule has 0 spiro atoms. The van der Waals surface area contributed by atoms with Crippen LogP contribution in [-0.4, -0.2) is 11.0 Å². The molecule has 1 atom stereocenters. The van der Waals surface area contributed by atoms with Crippen molar-refractivity contribution < 1.29 is 0 Å². The first-order valence-electron chi connectivity index (χ1n) is 7.45. The maximum Gasteiger partial charge on any atom is 0.0423 e. The number of aryl methyl sites for hydroxylation is 1. The zero-order chi connectivity index (χ0) is 13.3. The maximum atomic E-state index is 5.75. The van der Waals surface area contributed by atoms with Crippen LogP contribution in [0.1, 0.15) is 50.6 Å². The highest BCUT2D eigenvalue weighted by Crippen LogP contribution is 2.21. The third kappa shape index (κ3) is 4.77. The van der Waals surface area contributed by atoms with Crippen LogP contribution in [0.25, 0.3) is 0 Å². The van der Waals surface area contributed by atoms with Gasteiger partial charge in [0.15, 0.2) is 0 Å². The van der Waals surface area contributed by atoms with Crippen molar-refractivity contribution in [3.05, 3.63) is 41.7 Å². The van der Waals surface area contributed by atoms with E-state index in [0.29, 0.717) is 6.04 Å². The van der Waals surface area contributed by atoms with Crippen molar-refractivity contribution in [1.82, 2.24) is 10.4 Å². The lowest BCUT2D eigenvalue weighted by Crippen LogP contribution is -2.37. The fourth-order valence-corrected chi connectivity index (χ4v) is 2.75. The smallest absolute Gasteiger partial charge is 0.0423 e. The number of nitrogens with one attached hydrogen (secondary N) is 1. The summed E-state index contributed by atoms with van der Waals surface area (Å²) >= 11 is 0. The summed E-state index contributed by atoms with van der Waals surface area (Å²) in [4.78, 5) is 4.38. The first-order valence-corrected chi connectivity index (χ1v) is 7.45. The zero-order valence-electron chi connectivity index (χ0n) is 11.6. The maximum absolute atomic E-state index is 5.75. The largest absolute Gasteiger partial charge is 0.271 e. The molecule has 0 aliphatic heterocycles. The van der Waals surface area contributed by atoms with Gasteiger partial charge in [-0.25, -0.2) is 0 Å². The van der Waals surface area contributed by atoms with Crippen LogP contribution in [0.5, 0.6) is 0 Å². The molecule has 2 rings (SSSR count). The highest BCUT2D eigenvalue weighted by Gasteiger charge is 2.13. The van der Waals surface area contributed by atoms with Gasteiger partial charge in [0, 0.05) is 17.9 Å². The Morgan fingerprint density at radius 1 is 1.21 bits per heavy atom. The number of nitrogens with zero attached hydrogens (tertiary/aromatic N) is 1. The third-order valence-corrected chi connectivity index (χ3v) is 3.89. The molecule has 0 fully saturated rings. The Bertz CT molecular complexity index is 386. The Morgan fingerprint density at radius 3 is 2.89 bits per heavy atom. The Kier molecular flexibility index (Phi) is 6.05. The van der Waals surface area contributed by atoms with E-state index >= 15 is 0 Å². The van der Waals surface area contributed by atoms with E-state index in [2.05, 4.69) is 22.6 Å². The summed E-state index contributed by atoms with van der Waals surface area (Å²) in [5.41, 5.74) is 5.64. The van der Waals surface area contributed by atoms with Gasteiger partial charge in [0.05, 0.1) is 0 Å². The molecule has 0 radical (unpaired) electrons. The zero-order valence-corrected chi connectivity index (χ0v) is 11.6. The highest BCUT2D eigenvalue weighted by molar-refractivity contribution is 5.13. The predicted molar refractivity (Wildman–Crippen MR) is 79.5 cm³/mol. The molecule has 1 unspecified atom stereocenters. The van der Waals surface area contributed by atoms with Gasteiger partial charge in [-0.05, 0) is 50.7 Å². The average Bonchev–Trinajstić information content (AvgIpc) is 2.42. The molecule has 3 nitrogen and oxygen atoms in total. The molecule has 1 aromatic rings.